The highest BCUT2D eigenvalue weighted by Crippen LogP contribution is 2.30. The number of hydrogen-bond acceptors (Lipinski definition) is 2. The van der Waals surface area contributed by atoms with E-state index in [0.717, 1.165) is 23.1 Å². The van der Waals surface area contributed by atoms with E-state index in [9.17, 15) is 0 Å². The molecule has 0 aliphatic heterocycles. The maximum Gasteiger partial charge on any atom is 0.126 e. The zero-order chi connectivity index (χ0) is 13.0. The van der Waals surface area contributed by atoms with Crippen molar-refractivity contribution in [1.82, 2.24) is 0 Å². The third-order valence-corrected chi connectivity index (χ3v) is 3.67. The normalized spacial score (nSPS) is 18.9. The molecule has 2 rings (SSSR count). The topological polar surface area (TPSA) is 35.2 Å². The molecule has 18 heavy (non-hydrogen) atoms. The molecule has 2 N–H and O–H groups in total. The standard InChI is InChI=1S/C15H20BrNO/c1-11-9-13(16)10-12(7-8-17)15(11)18-14-5-3-2-4-6-14/h3,5,9-10,14H,2,4,6-8,17H2,1H3. The summed E-state index contributed by atoms with van der Waals surface area (Å²) >= 11 is 3.53. The molecule has 1 aromatic rings. The number of halogens is 1. The van der Waals surface area contributed by atoms with Gasteiger partial charge in [-0.2, -0.15) is 0 Å². The Morgan fingerprint density at radius 2 is 2.28 bits per heavy atom. The summed E-state index contributed by atoms with van der Waals surface area (Å²) in [5, 5.41) is 0. The van der Waals surface area contributed by atoms with Gasteiger partial charge in [0.25, 0.3) is 0 Å². The van der Waals surface area contributed by atoms with E-state index in [2.05, 4.69) is 47.1 Å². The fraction of sp³-hybridized carbons (Fsp3) is 0.467. The lowest BCUT2D eigenvalue weighted by Crippen LogP contribution is -2.18. The Morgan fingerprint density at radius 1 is 1.44 bits per heavy atom. The van der Waals surface area contributed by atoms with Gasteiger partial charge in [-0.1, -0.05) is 22.0 Å². The average Bonchev–Trinajstić information content (AvgIpc) is 2.35. The molecule has 0 radical (unpaired) electrons. The van der Waals surface area contributed by atoms with Crippen molar-refractivity contribution in [2.75, 3.05) is 6.54 Å². The van der Waals surface area contributed by atoms with Crippen molar-refractivity contribution in [3.05, 3.63) is 39.9 Å². The lowest BCUT2D eigenvalue weighted by atomic mass is 10.0. The molecule has 0 amide bonds. The SMILES string of the molecule is Cc1cc(Br)cc(CCN)c1OC1C=CCCC1. The van der Waals surface area contributed by atoms with Crippen LogP contribution in [0, 0.1) is 6.92 Å². The third-order valence-electron chi connectivity index (χ3n) is 3.21. The lowest BCUT2D eigenvalue weighted by molar-refractivity contribution is 0.226. The number of benzene rings is 1. The van der Waals surface area contributed by atoms with Crippen LogP contribution in [0.5, 0.6) is 5.75 Å². The molecule has 1 atom stereocenters. The first kappa shape index (κ1) is 13.6. The van der Waals surface area contributed by atoms with Crippen molar-refractivity contribution < 1.29 is 4.74 Å². The molecule has 2 nitrogen and oxygen atoms in total. The minimum Gasteiger partial charge on any atom is -0.486 e. The maximum absolute atomic E-state index is 6.16. The van der Waals surface area contributed by atoms with Crippen LogP contribution in [0.1, 0.15) is 30.4 Å². The quantitative estimate of drug-likeness (QED) is 0.860. The second kappa shape index (κ2) is 6.39. The van der Waals surface area contributed by atoms with E-state index in [1.165, 1.54) is 24.0 Å². The van der Waals surface area contributed by atoms with E-state index in [1.807, 2.05) is 0 Å². The molecule has 1 aliphatic rings. The Hall–Kier alpha value is -0.800. The molecule has 0 heterocycles. The first-order chi connectivity index (χ1) is 8.70. The van der Waals surface area contributed by atoms with Crippen LogP contribution in [0.3, 0.4) is 0 Å². The Balaban J connectivity index is 2.24. The van der Waals surface area contributed by atoms with Gasteiger partial charge in [0.15, 0.2) is 0 Å². The van der Waals surface area contributed by atoms with Gasteiger partial charge in [-0.05, 0) is 68.5 Å². The fourth-order valence-electron chi connectivity index (χ4n) is 2.34. The lowest BCUT2D eigenvalue weighted by Gasteiger charge is -2.22. The number of ether oxygens (including phenoxy) is 1. The third kappa shape index (κ3) is 3.36. The molecule has 0 spiro atoms. The van der Waals surface area contributed by atoms with Gasteiger partial charge in [0.2, 0.25) is 0 Å². The largest absolute Gasteiger partial charge is 0.486 e. The van der Waals surface area contributed by atoms with Crippen LogP contribution in [0.2, 0.25) is 0 Å². The molecule has 1 unspecified atom stereocenters. The Morgan fingerprint density at radius 3 is 2.94 bits per heavy atom. The molecule has 3 heteroatoms. The van der Waals surface area contributed by atoms with Crippen molar-refractivity contribution >= 4 is 15.9 Å². The highest BCUT2D eigenvalue weighted by molar-refractivity contribution is 9.10. The van der Waals surface area contributed by atoms with Gasteiger partial charge in [-0.25, -0.2) is 0 Å². The molecular weight excluding hydrogens is 290 g/mol. The predicted octanol–water partition coefficient (Wildman–Crippen LogP) is 3.75. The van der Waals surface area contributed by atoms with Crippen molar-refractivity contribution in [3.63, 3.8) is 0 Å². The molecule has 1 aliphatic carbocycles. The second-order valence-corrected chi connectivity index (χ2v) is 5.68. The van der Waals surface area contributed by atoms with Crippen LogP contribution < -0.4 is 10.5 Å². The highest BCUT2D eigenvalue weighted by Gasteiger charge is 2.15. The van der Waals surface area contributed by atoms with E-state index in [0.29, 0.717) is 6.54 Å². The van der Waals surface area contributed by atoms with E-state index in [4.69, 9.17) is 10.5 Å². The summed E-state index contributed by atoms with van der Waals surface area (Å²) in [5.74, 6) is 1.01. The van der Waals surface area contributed by atoms with Gasteiger partial charge in [0, 0.05) is 4.47 Å². The first-order valence-electron chi connectivity index (χ1n) is 6.53. The summed E-state index contributed by atoms with van der Waals surface area (Å²) in [6, 6.07) is 4.21. The summed E-state index contributed by atoms with van der Waals surface area (Å²) in [4.78, 5) is 0. The van der Waals surface area contributed by atoms with Gasteiger partial charge in [0.05, 0.1) is 0 Å². The monoisotopic (exact) mass is 309 g/mol. The molecule has 0 bridgehead atoms. The van der Waals surface area contributed by atoms with Gasteiger partial charge in [0.1, 0.15) is 11.9 Å². The summed E-state index contributed by atoms with van der Waals surface area (Å²) in [6.07, 6.45) is 8.95. The van der Waals surface area contributed by atoms with E-state index >= 15 is 0 Å². The second-order valence-electron chi connectivity index (χ2n) is 4.76. The van der Waals surface area contributed by atoms with Crippen LogP contribution >= 0.6 is 15.9 Å². The van der Waals surface area contributed by atoms with E-state index < -0.39 is 0 Å². The van der Waals surface area contributed by atoms with Gasteiger partial charge in [-0.3, -0.25) is 0 Å². The van der Waals surface area contributed by atoms with Crippen LogP contribution in [0.25, 0.3) is 0 Å². The summed E-state index contributed by atoms with van der Waals surface area (Å²) in [7, 11) is 0. The minimum atomic E-state index is 0.218. The maximum atomic E-state index is 6.16. The van der Waals surface area contributed by atoms with Gasteiger partial charge < -0.3 is 10.5 Å². The van der Waals surface area contributed by atoms with Crippen LogP contribution in [-0.4, -0.2) is 12.6 Å². The molecule has 0 fully saturated rings. The number of hydrogen-bond donors (Lipinski definition) is 1. The van der Waals surface area contributed by atoms with E-state index in [-0.39, 0.29) is 6.10 Å². The number of allylic oxidation sites excluding steroid dienone is 1. The Kier molecular flexibility index (Phi) is 4.84. The zero-order valence-electron chi connectivity index (χ0n) is 10.8. The van der Waals surface area contributed by atoms with Crippen molar-refractivity contribution in [2.45, 2.75) is 38.7 Å². The van der Waals surface area contributed by atoms with Crippen LogP contribution in [0.15, 0.2) is 28.8 Å². The first-order valence-corrected chi connectivity index (χ1v) is 7.32. The molecule has 98 valence electrons. The number of aryl methyl sites for hydroxylation is 1. The fourth-order valence-corrected chi connectivity index (χ4v) is 2.96. The minimum absolute atomic E-state index is 0.218. The summed E-state index contributed by atoms with van der Waals surface area (Å²) in [6.45, 7) is 2.74. The predicted molar refractivity (Wildman–Crippen MR) is 79.0 cm³/mol. The Bertz CT molecular complexity index is 442. The molecular formula is C15H20BrNO. The molecule has 0 saturated heterocycles. The van der Waals surface area contributed by atoms with Gasteiger partial charge >= 0.3 is 0 Å². The van der Waals surface area contributed by atoms with Crippen LogP contribution in [-0.2, 0) is 6.42 Å². The molecule has 1 aromatic carbocycles. The smallest absolute Gasteiger partial charge is 0.126 e. The van der Waals surface area contributed by atoms with Crippen molar-refractivity contribution in [3.8, 4) is 5.75 Å². The van der Waals surface area contributed by atoms with Crippen molar-refractivity contribution in [1.29, 1.82) is 0 Å². The molecule has 0 saturated carbocycles. The van der Waals surface area contributed by atoms with Crippen molar-refractivity contribution in [2.24, 2.45) is 5.73 Å². The van der Waals surface area contributed by atoms with E-state index in [1.54, 1.807) is 0 Å². The average molecular weight is 310 g/mol. The summed E-state index contributed by atoms with van der Waals surface area (Å²) in [5.41, 5.74) is 8.05. The Labute approximate surface area is 117 Å². The van der Waals surface area contributed by atoms with Crippen LogP contribution in [0.4, 0.5) is 0 Å². The van der Waals surface area contributed by atoms with Gasteiger partial charge in [-0.15, -0.1) is 0 Å². The summed E-state index contributed by atoms with van der Waals surface area (Å²) < 4.78 is 7.25. The zero-order valence-corrected chi connectivity index (χ0v) is 12.4. The highest BCUT2D eigenvalue weighted by atomic mass is 79.9. The molecule has 0 aromatic heterocycles. The number of nitrogens with two attached hydrogens (primary N) is 1. The number of rotatable bonds is 4.